The van der Waals surface area contributed by atoms with Crippen LogP contribution in [0.3, 0.4) is 0 Å². The fourth-order valence-electron chi connectivity index (χ4n) is 2.03. The predicted molar refractivity (Wildman–Crippen MR) is 74.0 cm³/mol. The highest BCUT2D eigenvalue weighted by Crippen LogP contribution is 2.24. The van der Waals surface area contributed by atoms with Crippen molar-refractivity contribution >= 4 is 0 Å². The van der Waals surface area contributed by atoms with E-state index in [0.29, 0.717) is 0 Å². The summed E-state index contributed by atoms with van der Waals surface area (Å²) in [5.74, 6) is 0. The van der Waals surface area contributed by atoms with Crippen LogP contribution in [0.2, 0.25) is 0 Å². The van der Waals surface area contributed by atoms with E-state index in [2.05, 4.69) is 43.3 Å². The summed E-state index contributed by atoms with van der Waals surface area (Å²) in [4.78, 5) is 2.13. The van der Waals surface area contributed by atoms with Gasteiger partial charge in [-0.15, -0.1) is 0 Å². The molecule has 0 aromatic heterocycles. The lowest BCUT2D eigenvalue weighted by atomic mass is 9.99. The maximum Gasteiger partial charge on any atom is 0.0998 e. The van der Waals surface area contributed by atoms with Gasteiger partial charge in [0.05, 0.1) is 11.6 Å². The average molecular weight is 236 g/mol. The highest BCUT2D eigenvalue weighted by atomic mass is 15.0. The molecule has 0 aliphatic carbocycles. The van der Waals surface area contributed by atoms with Gasteiger partial charge in [0.25, 0.3) is 0 Å². The van der Waals surface area contributed by atoms with E-state index in [1.165, 1.54) is 5.56 Å². The third kappa shape index (κ3) is 2.77. The number of hydrogen-bond donors (Lipinski definition) is 0. The van der Waals surface area contributed by atoms with Gasteiger partial charge in [0.2, 0.25) is 0 Å². The van der Waals surface area contributed by atoms with Crippen LogP contribution < -0.4 is 0 Å². The van der Waals surface area contributed by atoms with Crippen molar-refractivity contribution < 1.29 is 0 Å². The monoisotopic (exact) mass is 236 g/mol. The average Bonchev–Trinajstić information content (AvgIpc) is 2.38. The second-order valence-corrected chi connectivity index (χ2v) is 4.60. The summed E-state index contributed by atoms with van der Waals surface area (Å²) < 4.78 is 0. The summed E-state index contributed by atoms with van der Waals surface area (Å²) in [6.07, 6.45) is 0. The second-order valence-electron chi connectivity index (χ2n) is 4.60. The third-order valence-corrected chi connectivity index (χ3v) is 2.78. The Bertz CT molecular complexity index is 580. The molecule has 0 fully saturated rings. The van der Waals surface area contributed by atoms with E-state index in [1.54, 1.807) is 0 Å². The van der Waals surface area contributed by atoms with Crippen molar-refractivity contribution in [2.24, 2.45) is 0 Å². The Morgan fingerprint density at radius 2 is 1.83 bits per heavy atom. The Balaban J connectivity index is 2.42. The zero-order chi connectivity index (χ0) is 13.0. The molecular formula is C16H16N2. The van der Waals surface area contributed by atoms with Crippen molar-refractivity contribution in [2.45, 2.75) is 6.54 Å². The number of benzene rings is 2. The van der Waals surface area contributed by atoms with Gasteiger partial charge >= 0.3 is 0 Å². The number of nitriles is 1. The van der Waals surface area contributed by atoms with E-state index < -0.39 is 0 Å². The maximum absolute atomic E-state index is 9.14. The molecule has 0 radical (unpaired) electrons. The highest BCUT2D eigenvalue weighted by molar-refractivity contribution is 5.70. The summed E-state index contributed by atoms with van der Waals surface area (Å²) in [5, 5.41) is 9.14. The Labute approximate surface area is 108 Å². The number of hydrogen-bond acceptors (Lipinski definition) is 2. The van der Waals surface area contributed by atoms with Crippen LogP contribution >= 0.6 is 0 Å². The lowest BCUT2D eigenvalue weighted by Gasteiger charge is -2.11. The summed E-state index contributed by atoms with van der Waals surface area (Å²) in [6, 6.07) is 18.3. The predicted octanol–water partition coefficient (Wildman–Crippen LogP) is 3.29. The van der Waals surface area contributed by atoms with Crippen molar-refractivity contribution in [2.75, 3.05) is 14.1 Å². The van der Waals surface area contributed by atoms with Crippen LogP contribution in [0.25, 0.3) is 11.1 Å². The molecule has 2 rings (SSSR count). The molecule has 0 amide bonds. The summed E-state index contributed by atoms with van der Waals surface area (Å²) in [7, 11) is 4.10. The fraction of sp³-hybridized carbons (Fsp3) is 0.188. The highest BCUT2D eigenvalue weighted by Gasteiger charge is 2.04. The number of rotatable bonds is 3. The number of nitrogens with zero attached hydrogens (tertiary/aromatic N) is 2. The zero-order valence-corrected chi connectivity index (χ0v) is 10.7. The lowest BCUT2D eigenvalue weighted by Crippen LogP contribution is -2.10. The van der Waals surface area contributed by atoms with Crippen LogP contribution in [0.4, 0.5) is 0 Å². The first-order valence-corrected chi connectivity index (χ1v) is 5.94. The molecule has 0 atom stereocenters. The minimum Gasteiger partial charge on any atom is -0.305 e. The standard InChI is InChI=1S/C16H16N2/c1-18(2)12-13-6-5-8-14(10-13)16-9-4-3-7-15(16)11-17/h3-10H,12H2,1-2H3. The summed E-state index contributed by atoms with van der Waals surface area (Å²) in [6.45, 7) is 0.905. The van der Waals surface area contributed by atoms with Crippen LogP contribution in [0.1, 0.15) is 11.1 Å². The molecular weight excluding hydrogens is 220 g/mol. The van der Waals surface area contributed by atoms with Crippen molar-refractivity contribution in [3.05, 3.63) is 59.7 Å². The molecule has 0 heterocycles. The van der Waals surface area contributed by atoms with E-state index in [-0.39, 0.29) is 0 Å². The van der Waals surface area contributed by atoms with E-state index in [9.17, 15) is 0 Å². The van der Waals surface area contributed by atoms with Crippen molar-refractivity contribution in [3.63, 3.8) is 0 Å². The van der Waals surface area contributed by atoms with E-state index in [4.69, 9.17) is 5.26 Å². The minimum absolute atomic E-state index is 0.722. The van der Waals surface area contributed by atoms with Crippen molar-refractivity contribution in [1.82, 2.24) is 4.90 Å². The molecule has 0 saturated carbocycles. The van der Waals surface area contributed by atoms with E-state index in [1.807, 2.05) is 30.3 Å². The fourth-order valence-corrected chi connectivity index (χ4v) is 2.03. The van der Waals surface area contributed by atoms with Crippen LogP contribution in [-0.2, 0) is 6.54 Å². The van der Waals surface area contributed by atoms with Crippen LogP contribution in [-0.4, -0.2) is 19.0 Å². The second kappa shape index (κ2) is 5.48. The topological polar surface area (TPSA) is 27.0 Å². The van der Waals surface area contributed by atoms with Crippen LogP contribution in [0, 0.1) is 11.3 Å². The molecule has 18 heavy (non-hydrogen) atoms. The SMILES string of the molecule is CN(C)Cc1cccc(-c2ccccc2C#N)c1. The molecule has 2 nitrogen and oxygen atoms in total. The molecule has 0 N–H and O–H groups in total. The van der Waals surface area contributed by atoms with Crippen LogP contribution in [0.5, 0.6) is 0 Å². The van der Waals surface area contributed by atoms with Gasteiger partial charge in [-0.05, 0) is 42.9 Å². The Hall–Kier alpha value is -2.11. The maximum atomic E-state index is 9.14. The van der Waals surface area contributed by atoms with E-state index in [0.717, 1.165) is 23.2 Å². The molecule has 0 aliphatic heterocycles. The molecule has 2 aromatic carbocycles. The zero-order valence-electron chi connectivity index (χ0n) is 10.7. The third-order valence-electron chi connectivity index (χ3n) is 2.78. The Kier molecular flexibility index (Phi) is 3.76. The van der Waals surface area contributed by atoms with Gasteiger partial charge < -0.3 is 4.90 Å². The van der Waals surface area contributed by atoms with Gasteiger partial charge in [0.1, 0.15) is 0 Å². The van der Waals surface area contributed by atoms with E-state index >= 15 is 0 Å². The normalized spacial score (nSPS) is 10.3. The lowest BCUT2D eigenvalue weighted by molar-refractivity contribution is 0.402. The first-order chi connectivity index (χ1) is 8.70. The van der Waals surface area contributed by atoms with Gasteiger partial charge in [-0.25, -0.2) is 0 Å². The van der Waals surface area contributed by atoms with Crippen molar-refractivity contribution in [3.8, 4) is 17.2 Å². The first-order valence-electron chi connectivity index (χ1n) is 5.94. The molecule has 0 spiro atoms. The van der Waals surface area contributed by atoms with Gasteiger partial charge in [-0.1, -0.05) is 36.4 Å². The summed E-state index contributed by atoms with van der Waals surface area (Å²) in [5.41, 5.74) is 4.08. The molecule has 2 heteroatoms. The molecule has 90 valence electrons. The molecule has 0 aliphatic rings. The first kappa shape index (κ1) is 12.3. The summed E-state index contributed by atoms with van der Waals surface area (Å²) >= 11 is 0. The van der Waals surface area contributed by atoms with Crippen molar-refractivity contribution in [1.29, 1.82) is 5.26 Å². The smallest absolute Gasteiger partial charge is 0.0998 e. The quantitative estimate of drug-likeness (QED) is 0.817. The van der Waals surface area contributed by atoms with Gasteiger partial charge in [-0.3, -0.25) is 0 Å². The minimum atomic E-state index is 0.722. The largest absolute Gasteiger partial charge is 0.305 e. The molecule has 2 aromatic rings. The van der Waals surface area contributed by atoms with Gasteiger partial charge in [-0.2, -0.15) is 5.26 Å². The molecule has 0 unspecified atom stereocenters. The van der Waals surface area contributed by atoms with Gasteiger partial charge in [0, 0.05) is 6.54 Å². The molecule has 0 bridgehead atoms. The van der Waals surface area contributed by atoms with Gasteiger partial charge in [0.15, 0.2) is 0 Å². The Morgan fingerprint density at radius 1 is 1.06 bits per heavy atom. The van der Waals surface area contributed by atoms with Crippen LogP contribution in [0.15, 0.2) is 48.5 Å². The Morgan fingerprint density at radius 3 is 2.56 bits per heavy atom. The molecule has 0 saturated heterocycles.